The second kappa shape index (κ2) is 6.91. The van der Waals surface area contributed by atoms with Gasteiger partial charge in [0, 0.05) is 6.04 Å². The molecule has 98 valence electrons. The lowest BCUT2D eigenvalue weighted by atomic mass is 10.00. The molecule has 0 aliphatic carbocycles. The number of rotatable bonds is 5. The van der Waals surface area contributed by atoms with E-state index in [1.807, 2.05) is 6.92 Å². The van der Waals surface area contributed by atoms with E-state index in [4.69, 9.17) is 18.0 Å². The van der Waals surface area contributed by atoms with Gasteiger partial charge in [-0.1, -0.05) is 25.6 Å². The topological polar surface area (TPSA) is 58.4 Å². The molecule has 4 nitrogen and oxygen atoms in total. The van der Waals surface area contributed by atoms with Crippen LogP contribution < -0.4 is 11.1 Å². The maximum atomic E-state index is 12.0. The van der Waals surface area contributed by atoms with E-state index in [-0.39, 0.29) is 17.9 Å². The van der Waals surface area contributed by atoms with Crippen LogP contribution in [-0.2, 0) is 4.79 Å². The number of carbonyl (C=O) groups is 1. The van der Waals surface area contributed by atoms with Crippen LogP contribution in [0.15, 0.2) is 0 Å². The number of piperidine rings is 1. The van der Waals surface area contributed by atoms with E-state index < -0.39 is 0 Å². The third-order valence-electron chi connectivity index (χ3n) is 3.30. The molecule has 1 fully saturated rings. The maximum Gasteiger partial charge on any atom is 0.230 e. The van der Waals surface area contributed by atoms with Gasteiger partial charge in [-0.05, 0) is 39.4 Å². The molecule has 0 saturated carbocycles. The van der Waals surface area contributed by atoms with Crippen molar-refractivity contribution in [2.45, 2.75) is 38.6 Å². The second-order valence-electron chi connectivity index (χ2n) is 4.83. The van der Waals surface area contributed by atoms with E-state index in [0.717, 1.165) is 38.8 Å². The van der Waals surface area contributed by atoms with Crippen molar-refractivity contribution in [1.82, 2.24) is 10.2 Å². The number of hydrogen-bond acceptors (Lipinski definition) is 3. The van der Waals surface area contributed by atoms with E-state index in [0.29, 0.717) is 4.99 Å². The van der Waals surface area contributed by atoms with Crippen LogP contribution in [0.3, 0.4) is 0 Å². The summed E-state index contributed by atoms with van der Waals surface area (Å²) in [6.45, 7) is 4.11. The third-order valence-corrected chi connectivity index (χ3v) is 3.59. The first-order valence-electron chi connectivity index (χ1n) is 6.32. The number of nitrogens with two attached hydrogens (primary N) is 1. The summed E-state index contributed by atoms with van der Waals surface area (Å²) in [5.74, 6) is -0.288. The van der Waals surface area contributed by atoms with E-state index in [9.17, 15) is 4.79 Å². The molecule has 0 aromatic heterocycles. The molecule has 0 aromatic carbocycles. The van der Waals surface area contributed by atoms with Gasteiger partial charge in [-0.3, -0.25) is 4.79 Å². The molecule has 1 aliphatic heterocycles. The largest absolute Gasteiger partial charge is 0.393 e. The van der Waals surface area contributed by atoms with Crippen molar-refractivity contribution in [3.05, 3.63) is 0 Å². The van der Waals surface area contributed by atoms with Gasteiger partial charge >= 0.3 is 0 Å². The van der Waals surface area contributed by atoms with Gasteiger partial charge in [-0.15, -0.1) is 0 Å². The summed E-state index contributed by atoms with van der Waals surface area (Å²) in [5, 5.41) is 3.07. The van der Waals surface area contributed by atoms with E-state index in [1.54, 1.807) is 0 Å². The number of carbonyl (C=O) groups excluding carboxylic acids is 1. The predicted octanol–water partition coefficient (Wildman–Crippen LogP) is 0.899. The molecule has 1 rings (SSSR count). The summed E-state index contributed by atoms with van der Waals surface area (Å²) >= 11 is 4.95. The van der Waals surface area contributed by atoms with E-state index >= 15 is 0 Å². The van der Waals surface area contributed by atoms with Crippen molar-refractivity contribution in [1.29, 1.82) is 0 Å². The van der Waals surface area contributed by atoms with Gasteiger partial charge in [-0.2, -0.15) is 0 Å². The monoisotopic (exact) mass is 257 g/mol. The predicted molar refractivity (Wildman–Crippen MR) is 73.8 cm³/mol. The van der Waals surface area contributed by atoms with Crippen molar-refractivity contribution >= 4 is 23.1 Å². The number of likely N-dealkylation sites (tertiary alicyclic amines) is 1. The lowest BCUT2D eigenvalue weighted by Crippen LogP contribution is -2.47. The number of nitrogens with one attached hydrogen (secondary N) is 1. The zero-order valence-corrected chi connectivity index (χ0v) is 11.6. The fourth-order valence-corrected chi connectivity index (χ4v) is 2.37. The average molecular weight is 257 g/mol. The van der Waals surface area contributed by atoms with Crippen LogP contribution in [0.5, 0.6) is 0 Å². The number of amides is 1. The highest BCUT2D eigenvalue weighted by Crippen LogP contribution is 2.12. The van der Waals surface area contributed by atoms with E-state index in [2.05, 4.69) is 17.3 Å². The summed E-state index contributed by atoms with van der Waals surface area (Å²) in [7, 11) is 2.10. The second-order valence-corrected chi connectivity index (χ2v) is 5.30. The third kappa shape index (κ3) is 4.60. The zero-order chi connectivity index (χ0) is 12.8. The van der Waals surface area contributed by atoms with Crippen LogP contribution in [0.25, 0.3) is 0 Å². The smallest absolute Gasteiger partial charge is 0.230 e. The first-order chi connectivity index (χ1) is 8.04. The minimum absolute atomic E-state index is 0.00824. The number of hydrogen-bond donors (Lipinski definition) is 2. The average Bonchev–Trinajstić information content (AvgIpc) is 2.28. The van der Waals surface area contributed by atoms with Gasteiger partial charge in [0.25, 0.3) is 0 Å². The highest BCUT2D eigenvalue weighted by atomic mass is 32.1. The molecule has 3 N–H and O–H groups in total. The molecular formula is C12H23N3OS. The van der Waals surface area contributed by atoms with E-state index in [1.165, 1.54) is 0 Å². The lowest BCUT2D eigenvalue weighted by molar-refractivity contribution is -0.124. The molecule has 1 heterocycles. The quantitative estimate of drug-likeness (QED) is 0.719. The summed E-state index contributed by atoms with van der Waals surface area (Å²) in [6, 6.07) is 0.285. The first-order valence-corrected chi connectivity index (χ1v) is 6.73. The molecule has 0 aromatic rings. The Morgan fingerprint density at radius 2 is 2.12 bits per heavy atom. The Labute approximate surface area is 109 Å². The molecular weight excluding hydrogens is 234 g/mol. The molecule has 0 spiro atoms. The summed E-state index contributed by atoms with van der Waals surface area (Å²) in [6.07, 6.45) is 3.69. The van der Waals surface area contributed by atoms with Crippen LogP contribution in [0, 0.1) is 5.92 Å². The minimum Gasteiger partial charge on any atom is -0.393 e. The summed E-state index contributed by atoms with van der Waals surface area (Å²) in [4.78, 5) is 14.6. The van der Waals surface area contributed by atoms with Crippen LogP contribution >= 0.6 is 12.2 Å². The van der Waals surface area contributed by atoms with Crippen molar-refractivity contribution in [2.75, 3.05) is 20.1 Å². The Kier molecular flexibility index (Phi) is 5.85. The Morgan fingerprint density at radius 1 is 1.53 bits per heavy atom. The van der Waals surface area contributed by atoms with Gasteiger partial charge in [0.1, 0.15) is 0 Å². The highest BCUT2D eigenvalue weighted by molar-refractivity contribution is 7.80. The standard InChI is InChI=1S/C12H23N3OS/c1-3-4-10(11(13)17)12(16)14-9-5-7-15(2)8-6-9/h9-10H,3-8H2,1-2H3,(H2,13,17)(H,14,16). The molecule has 1 amide bonds. The highest BCUT2D eigenvalue weighted by Gasteiger charge is 2.24. The molecule has 0 bridgehead atoms. The summed E-state index contributed by atoms with van der Waals surface area (Å²) in [5.41, 5.74) is 5.61. The van der Waals surface area contributed by atoms with Crippen LogP contribution in [-0.4, -0.2) is 42.0 Å². The van der Waals surface area contributed by atoms with Gasteiger partial charge in [0.05, 0.1) is 10.9 Å². The normalized spacial score (nSPS) is 19.9. The van der Waals surface area contributed by atoms with Crippen LogP contribution in [0.2, 0.25) is 0 Å². The number of thiocarbonyl (C=S) groups is 1. The molecule has 5 heteroatoms. The molecule has 1 atom stereocenters. The number of nitrogens with zero attached hydrogens (tertiary/aromatic N) is 1. The van der Waals surface area contributed by atoms with Gasteiger partial charge in [0.2, 0.25) is 5.91 Å². The first kappa shape index (κ1) is 14.4. The Morgan fingerprint density at radius 3 is 2.59 bits per heavy atom. The maximum absolute atomic E-state index is 12.0. The van der Waals surface area contributed by atoms with Crippen molar-refractivity contribution < 1.29 is 4.79 Å². The Balaban J connectivity index is 2.43. The Hall–Kier alpha value is -0.680. The van der Waals surface area contributed by atoms with Crippen molar-refractivity contribution in [3.8, 4) is 0 Å². The molecule has 1 unspecified atom stereocenters. The lowest BCUT2D eigenvalue weighted by Gasteiger charge is -2.30. The van der Waals surface area contributed by atoms with Crippen molar-refractivity contribution in [3.63, 3.8) is 0 Å². The Bertz CT molecular complexity index is 275. The summed E-state index contributed by atoms with van der Waals surface area (Å²) < 4.78 is 0. The molecule has 1 saturated heterocycles. The molecule has 17 heavy (non-hydrogen) atoms. The fourth-order valence-electron chi connectivity index (χ4n) is 2.15. The van der Waals surface area contributed by atoms with Crippen LogP contribution in [0.4, 0.5) is 0 Å². The minimum atomic E-state index is -0.297. The zero-order valence-electron chi connectivity index (χ0n) is 10.7. The van der Waals surface area contributed by atoms with Crippen molar-refractivity contribution in [2.24, 2.45) is 11.7 Å². The van der Waals surface area contributed by atoms with Crippen LogP contribution in [0.1, 0.15) is 32.6 Å². The fraction of sp³-hybridized carbons (Fsp3) is 0.833. The van der Waals surface area contributed by atoms with Gasteiger partial charge in [-0.25, -0.2) is 0 Å². The SMILES string of the molecule is CCCC(C(=O)NC1CCN(C)CC1)C(N)=S. The van der Waals surface area contributed by atoms with Gasteiger partial charge in [0.15, 0.2) is 0 Å². The van der Waals surface area contributed by atoms with Gasteiger partial charge < -0.3 is 16.0 Å². The molecule has 0 radical (unpaired) electrons. The molecule has 1 aliphatic rings.